The van der Waals surface area contributed by atoms with Crippen molar-refractivity contribution in [2.75, 3.05) is 19.8 Å². The third-order valence-electron chi connectivity index (χ3n) is 3.81. The van der Waals surface area contributed by atoms with Crippen LogP contribution in [0, 0.1) is 25.1 Å². The molecule has 0 aliphatic carbocycles. The van der Waals surface area contributed by atoms with E-state index in [1.165, 1.54) is 17.7 Å². The van der Waals surface area contributed by atoms with E-state index in [0.717, 1.165) is 11.1 Å². The lowest BCUT2D eigenvalue weighted by atomic mass is 10.1. The van der Waals surface area contributed by atoms with Crippen molar-refractivity contribution in [1.29, 1.82) is 0 Å². The van der Waals surface area contributed by atoms with E-state index in [1.54, 1.807) is 12.1 Å². The molecule has 0 spiro atoms. The Morgan fingerprint density at radius 1 is 1.08 bits per heavy atom. The van der Waals surface area contributed by atoms with Gasteiger partial charge >= 0.3 is 0 Å². The second-order valence-corrected chi connectivity index (χ2v) is 6.15. The molecule has 25 heavy (non-hydrogen) atoms. The Morgan fingerprint density at radius 3 is 2.20 bits per heavy atom. The van der Waals surface area contributed by atoms with E-state index >= 15 is 0 Å². The van der Waals surface area contributed by atoms with Gasteiger partial charge in [0.1, 0.15) is 12.4 Å². The van der Waals surface area contributed by atoms with E-state index in [0.29, 0.717) is 19.6 Å². The van der Waals surface area contributed by atoms with Gasteiger partial charge in [-0.15, -0.1) is 6.42 Å². The molecular formula is C21H24FNO2. The first-order valence-corrected chi connectivity index (χ1v) is 8.28. The Morgan fingerprint density at radius 2 is 1.64 bits per heavy atom. The van der Waals surface area contributed by atoms with Crippen LogP contribution in [0.5, 0.6) is 0 Å². The van der Waals surface area contributed by atoms with Crippen LogP contribution in [0.4, 0.5) is 4.39 Å². The molecule has 0 unspecified atom stereocenters. The fourth-order valence-electron chi connectivity index (χ4n) is 2.59. The third-order valence-corrected chi connectivity index (χ3v) is 3.81. The summed E-state index contributed by atoms with van der Waals surface area (Å²) in [5.41, 5.74) is 3.35. The average molecular weight is 341 g/mol. The monoisotopic (exact) mass is 341 g/mol. The molecule has 0 saturated carbocycles. The number of hydrogen-bond acceptors (Lipinski definition) is 3. The maximum Gasteiger partial charge on any atom is 0.123 e. The van der Waals surface area contributed by atoms with Gasteiger partial charge in [-0.2, -0.15) is 0 Å². The third kappa shape index (κ3) is 7.06. The Bertz CT molecular complexity index is 629. The summed E-state index contributed by atoms with van der Waals surface area (Å²) in [5.74, 6) is 2.13. The van der Waals surface area contributed by atoms with E-state index < -0.39 is 6.10 Å². The number of terminal acetylenes is 1. The first-order chi connectivity index (χ1) is 12.1. The summed E-state index contributed by atoms with van der Waals surface area (Å²) in [6, 6.07) is 14.7. The van der Waals surface area contributed by atoms with Crippen LogP contribution in [0.1, 0.15) is 16.7 Å². The quantitative estimate of drug-likeness (QED) is 0.562. The fraction of sp³-hybridized carbons (Fsp3) is 0.333. The molecule has 0 saturated heterocycles. The molecule has 4 heteroatoms. The summed E-state index contributed by atoms with van der Waals surface area (Å²) >= 11 is 0. The van der Waals surface area contributed by atoms with Gasteiger partial charge in [0.25, 0.3) is 0 Å². The normalized spacial score (nSPS) is 12.1. The molecule has 0 aliphatic rings. The van der Waals surface area contributed by atoms with Gasteiger partial charge in [-0.05, 0) is 30.2 Å². The maximum absolute atomic E-state index is 13.1. The van der Waals surface area contributed by atoms with E-state index in [-0.39, 0.29) is 19.0 Å². The van der Waals surface area contributed by atoms with Gasteiger partial charge in [0.15, 0.2) is 0 Å². The fourth-order valence-corrected chi connectivity index (χ4v) is 2.59. The SMILES string of the molecule is C#CCOC[C@H](O)CN(Cc1ccc(C)cc1)Cc1ccc(F)cc1. The summed E-state index contributed by atoms with van der Waals surface area (Å²) in [5, 5.41) is 10.2. The number of benzene rings is 2. The molecule has 0 aromatic heterocycles. The first kappa shape index (κ1) is 19.1. The molecule has 2 rings (SSSR count). The van der Waals surface area contributed by atoms with E-state index in [1.807, 2.05) is 6.92 Å². The summed E-state index contributed by atoms with van der Waals surface area (Å²) < 4.78 is 18.3. The molecule has 0 amide bonds. The van der Waals surface area contributed by atoms with Crippen molar-refractivity contribution in [2.24, 2.45) is 0 Å². The molecular weight excluding hydrogens is 317 g/mol. The summed E-state index contributed by atoms with van der Waals surface area (Å²) in [7, 11) is 0. The number of aliphatic hydroxyl groups excluding tert-OH is 1. The van der Waals surface area contributed by atoms with Gasteiger partial charge in [0.2, 0.25) is 0 Å². The van der Waals surface area contributed by atoms with Crippen molar-refractivity contribution in [2.45, 2.75) is 26.1 Å². The molecule has 0 bridgehead atoms. The smallest absolute Gasteiger partial charge is 0.123 e. The number of hydrogen-bond donors (Lipinski definition) is 1. The molecule has 0 fully saturated rings. The molecule has 1 N–H and O–H groups in total. The number of halogens is 1. The highest BCUT2D eigenvalue weighted by Crippen LogP contribution is 2.12. The van der Waals surface area contributed by atoms with Crippen LogP contribution in [0.2, 0.25) is 0 Å². The van der Waals surface area contributed by atoms with Crippen LogP contribution in [-0.2, 0) is 17.8 Å². The topological polar surface area (TPSA) is 32.7 Å². The van der Waals surface area contributed by atoms with Crippen molar-refractivity contribution in [3.05, 3.63) is 71.0 Å². The summed E-state index contributed by atoms with van der Waals surface area (Å²) in [6.07, 6.45) is 4.51. The molecule has 0 radical (unpaired) electrons. The minimum Gasteiger partial charge on any atom is -0.389 e. The van der Waals surface area contributed by atoms with Gasteiger partial charge < -0.3 is 9.84 Å². The van der Waals surface area contributed by atoms with E-state index in [2.05, 4.69) is 35.1 Å². The van der Waals surface area contributed by atoms with Crippen LogP contribution in [0.15, 0.2) is 48.5 Å². The van der Waals surface area contributed by atoms with Crippen molar-refractivity contribution in [1.82, 2.24) is 4.90 Å². The molecule has 0 aliphatic heterocycles. The van der Waals surface area contributed by atoms with Gasteiger partial charge in [0, 0.05) is 19.6 Å². The van der Waals surface area contributed by atoms with Gasteiger partial charge in [-0.25, -0.2) is 4.39 Å². The highest BCUT2D eigenvalue weighted by atomic mass is 19.1. The molecule has 0 heterocycles. The molecule has 2 aromatic rings. The molecule has 3 nitrogen and oxygen atoms in total. The lowest BCUT2D eigenvalue weighted by Crippen LogP contribution is -2.34. The molecule has 2 aromatic carbocycles. The Kier molecular flexibility index (Phi) is 7.62. The van der Waals surface area contributed by atoms with Crippen molar-refractivity contribution in [3.63, 3.8) is 0 Å². The van der Waals surface area contributed by atoms with Crippen LogP contribution in [-0.4, -0.2) is 35.9 Å². The highest BCUT2D eigenvalue weighted by molar-refractivity contribution is 5.22. The lowest BCUT2D eigenvalue weighted by molar-refractivity contribution is 0.0243. The van der Waals surface area contributed by atoms with Crippen molar-refractivity contribution in [3.8, 4) is 12.3 Å². The minimum atomic E-state index is -0.640. The number of ether oxygens (including phenoxy) is 1. The number of rotatable bonds is 9. The van der Waals surface area contributed by atoms with E-state index in [9.17, 15) is 9.50 Å². The van der Waals surface area contributed by atoms with Gasteiger partial charge in [0.05, 0.1) is 12.7 Å². The zero-order chi connectivity index (χ0) is 18.1. The van der Waals surface area contributed by atoms with Gasteiger partial charge in [-0.1, -0.05) is 47.9 Å². The standard InChI is InChI=1S/C21H24FNO2/c1-3-12-25-16-21(24)15-23(13-18-6-4-17(2)5-7-18)14-19-8-10-20(22)11-9-19/h1,4-11,21,24H,12-16H2,2H3/t21-/m1/s1. The predicted molar refractivity (Wildman–Crippen MR) is 97.4 cm³/mol. The number of aliphatic hydroxyl groups is 1. The second kappa shape index (κ2) is 9.95. The van der Waals surface area contributed by atoms with E-state index in [4.69, 9.17) is 11.2 Å². The number of nitrogens with zero attached hydrogens (tertiary/aromatic N) is 1. The number of aryl methyl sites for hydroxylation is 1. The molecule has 132 valence electrons. The van der Waals surface area contributed by atoms with Crippen molar-refractivity contribution < 1.29 is 14.2 Å². The minimum absolute atomic E-state index is 0.187. The lowest BCUT2D eigenvalue weighted by Gasteiger charge is -2.25. The first-order valence-electron chi connectivity index (χ1n) is 8.28. The van der Waals surface area contributed by atoms with Crippen molar-refractivity contribution >= 4 is 0 Å². The van der Waals surface area contributed by atoms with Gasteiger partial charge in [-0.3, -0.25) is 4.90 Å². The zero-order valence-electron chi connectivity index (χ0n) is 14.5. The van der Waals surface area contributed by atoms with Crippen LogP contribution in [0.3, 0.4) is 0 Å². The Hall–Kier alpha value is -2.19. The predicted octanol–water partition coefficient (Wildman–Crippen LogP) is 3.15. The zero-order valence-corrected chi connectivity index (χ0v) is 14.5. The Balaban J connectivity index is 2.02. The largest absolute Gasteiger partial charge is 0.389 e. The van der Waals surface area contributed by atoms with Crippen LogP contribution in [0.25, 0.3) is 0 Å². The average Bonchev–Trinajstić information content (AvgIpc) is 2.59. The Labute approximate surface area is 149 Å². The van der Waals surface area contributed by atoms with Crippen LogP contribution >= 0.6 is 0 Å². The van der Waals surface area contributed by atoms with Crippen LogP contribution < -0.4 is 0 Å². The molecule has 1 atom stereocenters. The highest BCUT2D eigenvalue weighted by Gasteiger charge is 2.13. The summed E-state index contributed by atoms with van der Waals surface area (Å²) in [6.45, 7) is 4.16. The second-order valence-electron chi connectivity index (χ2n) is 6.15. The maximum atomic E-state index is 13.1. The summed E-state index contributed by atoms with van der Waals surface area (Å²) in [4.78, 5) is 2.11.